The summed E-state index contributed by atoms with van der Waals surface area (Å²) in [7, 11) is -2.15. The Morgan fingerprint density at radius 3 is 2.30 bits per heavy atom. The molecule has 1 amide bonds. The van der Waals surface area contributed by atoms with Crippen LogP contribution in [0.1, 0.15) is 60.3 Å². The second kappa shape index (κ2) is 12.7. The van der Waals surface area contributed by atoms with E-state index in [2.05, 4.69) is 71.5 Å². The molecule has 0 saturated carbocycles. The Morgan fingerprint density at radius 2 is 1.77 bits per heavy atom. The molecule has 0 aliphatic carbocycles. The lowest BCUT2D eigenvalue weighted by molar-refractivity contribution is -0.117. The molecule has 0 spiro atoms. The van der Waals surface area contributed by atoms with Crippen molar-refractivity contribution in [3.63, 3.8) is 0 Å². The molecular weight excluding hydrogens is 418 g/mol. The summed E-state index contributed by atoms with van der Waals surface area (Å²) in [6.07, 6.45) is 14.3. The highest BCUT2D eigenvalue weighted by molar-refractivity contribution is 8.34. The molecule has 0 aromatic heterocycles. The molecule has 0 aromatic rings. The van der Waals surface area contributed by atoms with Gasteiger partial charge in [0.05, 0.1) is 12.7 Å². The highest BCUT2D eigenvalue weighted by atomic mass is 32.3. The molecule has 0 aliphatic rings. The first-order chi connectivity index (χ1) is 13.6. The Balaban J connectivity index is 4.58. The SMILES string of the molecule is C=CC(=O)NCC(O)COCCCC(C)(C)S(C)(C)OC(C)(C)S(C)(C)CCCC. The summed E-state index contributed by atoms with van der Waals surface area (Å²) >= 11 is 0. The minimum Gasteiger partial charge on any atom is -0.389 e. The number of amides is 1. The molecule has 0 aromatic carbocycles. The van der Waals surface area contributed by atoms with Gasteiger partial charge in [-0.1, -0.05) is 33.8 Å². The molecule has 1 unspecified atom stereocenters. The van der Waals surface area contributed by atoms with Gasteiger partial charge in [0.1, 0.15) is 4.93 Å². The molecule has 0 bridgehead atoms. The van der Waals surface area contributed by atoms with Gasteiger partial charge in [0.25, 0.3) is 0 Å². The molecule has 0 saturated heterocycles. The van der Waals surface area contributed by atoms with Crippen molar-refractivity contribution in [2.24, 2.45) is 0 Å². The lowest BCUT2D eigenvalue weighted by atomic mass is 10.1. The minimum absolute atomic E-state index is 0.0600. The van der Waals surface area contributed by atoms with Crippen LogP contribution >= 0.6 is 20.3 Å². The van der Waals surface area contributed by atoms with Crippen molar-refractivity contribution in [1.29, 1.82) is 0 Å². The molecule has 0 radical (unpaired) electrons. The zero-order chi connectivity index (χ0) is 23.6. The van der Waals surface area contributed by atoms with Gasteiger partial charge < -0.3 is 19.3 Å². The Labute approximate surface area is 189 Å². The van der Waals surface area contributed by atoms with Gasteiger partial charge in [-0.25, -0.2) is 10.0 Å². The van der Waals surface area contributed by atoms with Crippen molar-refractivity contribution in [2.75, 3.05) is 50.5 Å². The van der Waals surface area contributed by atoms with Crippen LogP contribution in [0.2, 0.25) is 0 Å². The second-order valence-electron chi connectivity index (χ2n) is 9.85. The molecule has 0 fully saturated rings. The number of hydrogen-bond donors (Lipinski definition) is 2. The van der Waals surface area contributed by atoms with Crippen molar-refractivity contribution in [3.8, 4) is 0 Å². The van der Waals surface area contributed by atoms with E-state index in [1.54, 1.807) is 0 Å². The maximum Gasteiger partial charge on any atom is 0.243 e. The minimum atomic E-state index is -1.29. The summed E-state index contributed by atoms with van der Waals surface area (Å²) in [5, 5.41) is 12.4. The van der Waals surface area contributed by atoms with Crippen LogP contribution < -0.4 is 5.32 Å². The van der Waals surface area contributed by atoms with Crippen LogP contribution in [0.15, 0.2) is 12.7 Å². The summed E-state index contributed by atoms with van der Waals surface area (Å²) in [5.41, 5.74) is 0. The van der Waals surface area contributed by atoms with Gasteiger partial charge in [-0.2, -0.15) is 0 Å². The Morgan fingerprint density at radius 1 is 1.17 bits per heavy atom. The number of nitrogens with one attached hydrogen (secondary N) is 1. The maximum atomic E-state index is 11.1. The number of unbranched alkanes of at least 4 members (excludes halogenated alkanes) is 1. The molecule has 0 aliphatic heterocycles. The van der Waals surface area contributed by atoms with E-state index in [0.29, 0.717) is 6.61 Å². The van der Waals surface area contributed by atoms with Crippen LogP contribution in [0.3, 0.4) is 0 Å². The van der Waals surface area contributed by atoms with Crippen molar-refractivity contribution in [1.82, 2.24) is 5.32 Å². The highest BCUT2D eigenvalue weighted by Gasteiger charge is 2.42. The molecule has 5 nitrogen and oxygen atoms in total. The average molecular weight is 468 g/mol. The van der Waals surface area contributed by atoms with E-state index in [4.69, 9.17) is 8.92 Å². The highest BCUT2D eigenvalue weighted by Crippen LogP contribution is 2.65. The normalized spacial score (nSPS) is 15.5. The van der Waals surface area contributed by atoms with Gasteiger partial charge in [-0.3, -0.25) is 4.79 Å². The molecule has 0 heterocycles. The lowest BCUT2D eigenvalue weighted by Crippen LogP contribution is -2.39. The first-order valence-electron chi connectivity index (χ1n) is 10.9. The third kappa shape index (κ3) is 9.94. The van der Waals surface area contributed by atoms with Crippen molar-refractivity contribution in [3.05, 3.63) is 12.7 Å². The third-order valence-electron chi connectivity index (χ3n) is 6.15. The van der Waals surface area contributed by atoms with Crippen molar-refractivity contribution in [2.45, 2.75) is 76.1 Å². The topological polar surface area (TPSA) is 67.8 Å². The first-order valence-corrected chi connectivity index (χ1v) is 15.9. The predicted molar refractivity (Wildman–Crippen MR) is 137 cm³/mol. The van der Waals surface area contributed by atoms with E-state index >= 15 is 0 Å². The average Bonchev–Trinajstić information content (AvgIpc) is 2.62. The second-order valence-corrected chi connectivity index (χ2v) is 18.1. The van der Waals surface area contributed by atoms with E-state index in [0.717, 1.165) is 12.8 Å². The number of carbonyl (C=O) groups is 1. The van der Waals surface area contributed by atoms with E-state index in [1.807, 2.05) is 0 Å². The summed E-state index contributed by atoms with van der Waals surface area (Å²) in [6, 6.07) is 0. The maximum absolute atomic E-state index is 11.1. The molecule has 7 heteroatoms. The van der Waals surface area contributed by atoms with Crippen molar-refractivity contribution >= 4 is 26.2 Å². The number of rotatable bonds is 16. The van der Waals surface area contributed by atoms with E-state index in [1.165, 1.54) is 24.7 Å². The van der Waals surface area contributed by atoms with Gasteiger partial charge in [0.15, 0.2) is 0 Å². The molecule has 30 heavy (non-hydrogen) atoms. The zero-order valence-corrected chi connectivity index (χ0v) is 22.6. The Kier molecular flexibility index (Phi) is 12.6. The van der Waals surface area contributed by atoms with Crippen LogP contribution in [-0.4, -0.2) is 77.3 Å². The quantitative estimate of drug-likeness (QED) is 0.252. The number of hydrogen-bond acceptors (Lipinski definition) is 4. The largest absolute Gasteiger partial charge is 0.389 e. The molecule has 182 valence electrons. The number of ether oxygens (including phenoxy) is 1. The molecular formula is C23H49NO4S2. The summed E-state index contributed by atoms with van der Waals surface area (Å²) < 4.78 is 12.6. The fraction of sp³-hybridized carbons (Fsp3) is 0.870. The number of aliphatic hydroxyl groups excluding tert-OH is 1. The molecule has 1 atom stereocenters. The Bertz CT molecular complexity index is 533. The van der Waals surface area contributed by atoms with Crippen LogP contribution in [-0.2, 0) is 13.7 Å². The molecule has 0 rings (SSSR count). The summed E-state index contributed by atoms with van der Waals surface area (Å²) in [5.74, 6) is 0.958. The van der Waals surface area contributed by atoms with E-state index in [9.17, 15) is 9.90 Å². The fourth-order valence-electron chi connectivity index (χ4n) is 2.87. The summed E-state index contributed by atoms with van der Waals surface area (Å²) in [6.45, 7) is 15.8. The Hall–Kier alpha value is -0.210. The first kappa shape index (κ1) is 29.8. The third-order valence-corrected chi connectivity index (χ3v) is 14.0. The van der Waals surface area contributed by atoms with E-state index in [-0.39, 0.29) is 28.7 Å². The van der Waals surface area contributed by atoms with Gasteiger partial charge >= 0.3 is 0 Å². The lowest BCUT2D eigenvalue weighted by Gasteiger charge is -2.56. The number of carbonyl (C=O) groups excluding carboxylic acids is 1. The smallest absolute Gasteiger partial charge is 0.243 e. The van der Waals surface area contributed by atoms with Crippen LogP contribution in [0, 0.1) is 0 Å². The van der Waals surface area contributed by atoms with Gasteiger partial charge in [0, 0.05) is 17.9 Å². The summed E-state index contributed by atoms with van der Waals surface area (Å²) in [4.78, 5) is 11.0. The van der Waals surface area contributed by atoms with Crippen LogP contribution in [0.4, 0.5) is 0 Å². The number of aliphatic hydroxyl groups is 1. The van der Waals surface area contributed by atoms with Crippen molar-refractivity contribution < 1.29 is 18.8 Å². The monoisotopic (exact) mass is 467 g/mol. The molecule has 2 N–H and O–H groups in total. The zero-order valence-electron chi connectivity index (χ0n) is 21.0. The van der Waals surface area contributed by atoms with Gasteiger partial charge in [-0.15, -0.1) is 10.3 Å². The van der Waals surface area contributed by atoms with Crippen LogP contribution in [0.5, 0.6) is 0 Å². The van der Waals surface area contributed by atoms with Gasteiger partial charge in [0.2, 0.25) is 5.91 Å². The standard InChI is InChI=1S/C23H49NO4S2/c1-11-13-17-29(7,8)23(5,6)28-30(9,10)22(3,4)15-14-16-27-19-20(25)18-24-21(26)12-2/h12,20,25H,2,11,13-19H2,1,3-10H3,(H,24,26). The van der Waals surface area contributed by atoms with Gasteiger partial charge in [-0.05, 0) is 70.0 Å². The predicted octanol–water partition coefficient (Wildman–Crippen LogP) is 4.82. The van der Waals surface area contributed by atoms with Crippen LogP contribution in [0.25, 0.3) is 0 Å². The van der Waals surface area contributed by atoms with E-state index < -0.39 is 26.4 Å². The fourth-order valence-corrected chi connectivity index (χ4v) is 7.49.